The smallest absolute Gasteiger partial charge is 0.262 e. The molecule has 0 aliphatic carbocycles. The van der Waals surface area contributed by atoms with E-state index in [4.69, 9.17) is 5.10 Å². The molecule has 1 N–H and O–H groups in total. The monoisotopic (exact) mass is 771 g/mol. The fraction of sp³-hybridized carbons (Fsp3) is 0.395. The number of amides is 3. The highest BCUT2D eigenvalue weighted by molar-refractivity contribution is 6.22. The van der Waals surface area contributed by atoms with E-state index in [9.17, 15) is 23.6 Å². The van der Waals surface area contributed by atoms with Crippen LogP contribution in [-0.2, 0) is 9.59 Å². The molecule has 294 valence electrons. The van der Waals surface area contributed by atoms with Crippen LogP contribution in [0.5, 0.6) is 0 Å². The highest BCUT2D eigenvalue weighted by atomic mass is 19.1. The summed E-state index contributed by atoms with van der Waals surface area (Å²) in [7, 11) is 1.51. The lowest BCUT2D eigenvalue weighted by molar-refractivity contribution is -0.121. The number of piperidine rings is 1. The molecule has 0 spiro atoms. The highest BCUT2D eigenvalue weighted by Crippen LogP contribution is 2.37. The minimum Gasteiger partial charge on any atom is -0.371 e. The van der Waals surface area contributed by atoms with Gasteiger partial charge >= 0.3 is 0 Å². The molecule has 3 amide bonds. The van der Waals surface area contributed by atoms with Crippen molar-refractivity contribution in [3.63, 3.8) is 0 Å². The van der Waals surface area contributed by atoms with Gasteiger partial charge < -0.3 is 29.4 Å². The van der Waals surface area contributed by atoms with Gasteiger partial charge in [0.25, 0.3) is 11.8 Å². The molecule has 4 aliphatic heterocycles. The summed E-state index contributed by atoms with van der Waals surface area (Å²) < 4.78 is 18.3. The molecule has 13 nitrogen and oxygen atoms in total. The molecule has 9 rings (SSSR count). The molecule has 3 aromatic heterocycles. The molecule has 0 bridgehead atoms. The van der Waals surface area contributed by atoms with Gasteiger partial charge in [-0.2, -0.15) is 0 Å². The SMILES string of the molecule is CNC(=O)CCC(C=O)N1C(=O)c2ccc(N3CC(CN4CCC(n5ccc(-c6cnc7ccc(N8CCCC8c8cccc(F)c8)nn67)c5)CC4)C3)cc2C1=O. The zero-order chi connectivity index (χ0) is 39.2. The lowest BCUT2D eigenvalue weighted by atomic mass is 9.95. The number of hydrogen-bond acceptors (Lipinski definition) is 9. The van der Waals surface area contributed by atoms with Crippen molar-refractivity contribution in [2.45, 2.75) is 56.7 Å². The van der Waals surface area contributed by atoms with E-state index in [1.54, 1.807) is 24.3 Å². The third-order valence-corrected chi connectivity index (χ3v) is 12.3. The van der Waals surface area contributed by atoms with Gasteiger partial charge in [0.1, 0.15) is 17.9 Å². The van der Waals surface area contributed by atoms with Gasteiger partial charge in [-0.05, 0) is 86.2 Å². The van der Waals surface area contributed by atoms with Gasteiger partial charge in [0.05, 0.1) is 35.1 Å². The molecule has 7 heterocycles. The molecule has 57 heavy (non-hydrogen) atoms. The summed E-state index contributed by atoms with van der Waals surface area (Å²) in [5.74, 6) is -0.0821. The van der Waals surface area contributed by atoms with Crippen LogP contribution in [0.1, 0.15) is 76.9 Å². The van der Waals surface area contributed by atoms with E-state index in [2.05, 4.69) is 48.0 Å². The van der Waals surface area contributed by atoms with Crippen LogP contribution in [0.25, 0.3) is 16.9 Å². The number of carbonyl (C=O) groups excluding carboxylic acids is 4. The topological polar surface area (TPSA) is 128 Å². The number of imidazole rings is 1. The van der Waals surface area contributed by atoms with Gasteiger partial charge in [-0.1, -0.05) is 12.1 Å². The number of fused-ring (bicyclic) bond motifs is 2. The van der Waals surface area contributed by atoms with Crippen LogP contribution in [-0.4, -0.2) is 105 Å². The second-order valence-electron chi connectivity index (χ2n) is 15.8. The van der Waals surface area contributed by atoms with Crippen LogP contribution >= 0.6 is 0 Å². The van der Waals surface area contributed by atoms with Crippen LogP contribution < -0.4 is 15.1 Å². The van der Waals surface area contributed by atoms with Crippen molar-refractivity contribution in [2.24, 2.45) is 5.92 Å². The summed E-state index contributed by atoms with van der Waals surface area (Å²) in [6, 6.07) is 17.9. The maximum absolute atomic E-state index is 14.1. The molecular formula is C43H46FN9O4. The van der Waals surface area contributed by atoms with Crippen LogP contribution in [0.2, 0.25) is 0 Å². The number of anilines is 2. The first kappa shape index (κ1) is 36.7. The lowest BCUT2D eigenvalue weighted by Gasteiger charge is -2.44. The molecule has 14 heteroatoms. The van der Waals surface area contributed by atoms with Crippen molar-refractivity contribution in [1.29, 1.82) is 0 Å². The minimum absolute atomic E-state index is 0.0454. The average Bonchev–Trinajstić information content (AvgIpc) is 4.03. The predicted molar refractivity (Wildman–Crippen MR) is 213 cm³/mol. The standard InChI is InChI=1S/C43H46FN9O4/c1-45-41(55)12-8-34(27-54)52-42(56)35-9-7-33(21-36(35)43(52)57)50-24-28(25-50)23-48-17-14-32(15-18-48)49-19-13-30(26-49)38-22-46-39-10-11-40(47-53(38)39)51-16-3-6-37(51)29-4-2-5-31(44)20-29/h2,4-5,7,9-11,13,19-22,26-28,32,34,37H,3,6,8,12,14-18,23-25H2,1H3,(H,45,55). The third-order valence-electron chi connectivity index (χ3n) is 12.3. The number of aldehydes is 1. The summed E-state index contributed by atoms with van der Waals surface area (Å²) >= 11 is 0. The van der Waals surface area contributed by atoms with Crippen LogP contribution in [0.15, 0.2) is 79.3 Å². The Hall–Kier alpha value is -5.89. The van der Waals surface area contributed by atoms with Crippen molar-refractivity contribution < 1.29 is 23.6 Å². The van der Waals surface area contributed by atoms with E-state index in [1.807, 2.05) is 35.0 Å². The molecule has 2 aromatic carbocycles. The average molecular weight is 772 g/mol. The fourth-order valence-corrected chi connectivity index (χ4v) is 9.18. The Morgan fingerprint density at radius 1 is 0.982 bits per heavy atom. The molecule has 4 aliphatic rings. The van der Waals surface area contributed by atoms with Crippen molar-refractivity contribution >= 4 is 41.2 Å². The van der Waals surface area contributed by atoms with Gasteiger partial charge in [-0.3, -0.25) is 19.3 Å². The number of nitrogens with one attached hydrogen (secondary N) is 1. The highest BCUT2D eigenvalue weighted by Gasteiger charge is 2.41. The molecule has 3 saturated heterocycles. The van der Waals surface area contributed by atoms with Crippen LogP contribution in [0.3, 0.4) is 0 Å². The first-order valence-electron chi connectivity index (χ1n) is 20.0. The Morgan fingerprint density at radius 3 is 2.60 bits per heavy atom. The van der Waals surface area contributed by atoms with Gasteiger partial charge in [0.2, 0.25) is 5.91 Å². The maximum atomic E-state index is 14.1. The van der Waals surface area contributed by atoms with E-state index in [1.165, 1.54) is 13.1 Å². The zero-order valence-corrected chi connectivity index (χ0v) is 32.0. The summed E-state index contributed by atoms with van der Waals surface area (Å²) in [4.78, 5) is 62.6. The van der Waals surface area contributed by atoms with Gasteiger partial charge in [0, 0.05) is 88.3 Å². The van der Waals surface area contributed by atoms with Gasteiger partial charge in [-0.25, -0.2) is 13.9 Å². The molecule has 3 fully saturated rings. The van der Waals surface area contributed by atoms with E-state index in [0.717, 1.165) is 104 Å². The van der Waals surface area contributed by atoms with E-state index < -0.39 is 17.9 Å². The number of hydrogen-bond donors (Lipinski definition) is 1. The number of halogens is 1. The summed E-state index contributed by atoms with van der Waals surface area (Å²) in [6.07, 6.45) is 11.1. The molecule has 2 unspecified atom stereocenters. The summed E-state index contributed by atoms with van der Waals surface area (Å²) in [5.41, 5.74) is 5.28. The minimum atomic E-state index is -0.984. The Morgan fingerprint density at radius 2 is 1.81 bits per heavy atom. The van der Waals surface area contributed by atoms with Crippen molar-refractivity contribution in [3.8, 4) is 11.3 Å². The predicted octanol–water partition coefficient (Wildman–Crippen LogP) is 5.14. The number of rotatable bonds is 12. The quantitative estimate of drug-likeness (QED) is 0.136. The molecule has 2 atom stereocenters. The van der Waals surface area contributed by atoms with Gasteiger partial charge in [0.15, 0.2) is 5.65 Å². The van der Waals surface area contributed by atoms with Gasteiger partial charge in [-0.15, -0.1) is 5.10 Å². The Bertz CT molecular complexity index is 2340. The number of aromatic nitrogens is 4. The molecule has 0 radical (unpaired) electrons. The fourth-order valence-electron chi connectivity index (χ4n) is 9.18. The lowest BCUT2D eigenvalue weighted by Crippen LogP contribution is -2.52. The number of carbonyl (C=O) groups is 4. The normalized spacial score (nSPS) is 19.7. The number of benzene rings is 2. The van der Waals surface area contributed by atoms with Crippen LogP contribution in [0, 0.1) is 11.7 Å². The van der Waals surface area contributed by atoms with E-state index >= 15 is 0 Å². The van der Waals surface area contributed by atoms with Crippen molar-refractivity contribution in [1.82, 2.24) is 34.3 Å². The largest absolute Gasteiger partial charge is 0.371 e. The third kappa shape index (κ3) is 6.96. The number of imide groups is 1. The molecule has 0 saturated carbocycles. The Labute approximate surface area is 330 Å². The number of likely N-dealkylation sites (tertiary alicyclic amines) is 1. The molecule has 5 aromatic rings. The maximum Gasteiger partial charge on any atom is 0.262 e. The second kappa shape index (κ2) is 15.2. The Kier molecular flexibility index (Phi) is 9.81. The van der Waals surface area contributed by atoms with E-state index in [-0.39, 0.29) is 30.6 Å². The summed E-state index contributed by atoms with van der Waals surface area (Å²) in [6.45, 7) is 5.64. The van der Waals surface area contributed by atoms with Crippen molar-refractivity contribution in [2.75, 3.05) is 56.1 Å². The van der Waals surface area contributed by atoms with Crippen LogP contribution in [0.4, 0.5) is 15.9 Å². The van der Waals surface area contributed by atoms with E-state index in [0.29, 0.717) is 29.4 Å². The van der Waals surface area contributed by atoms with Crippen molar-refractivity contribution in [3.05, 3.63) is 102 Å². The number of nitrogens with zero attached hydrogens (tertiary/aromatic N) is 8. The zero-order valence-electron chi connectivity index (χ0n) is 32.0. The Balaban J connectivity index is 0.786. The molecular weight excluding hydrogens is 726 g/mol. The first-order chi connectivity index (χ1) is 27.8. The second-order valence-corrected chi connectivity index (χ2v) is 15.8. The summed E-state index contributed by atoms with van der Waals surface area (Å²) in [5, 5.41) is 7.55. The first-order valence-corrected chi connectivity index (χ1v) is 20.0.